The van der Waals surface area contributed by atoms with E-state index in [1.54, 1.807) is 6.07 Å². The molecule has 0 aliphatic carbocycles. The van der Waals surface area contributed by atoms with E-state index in [9.17, 15) is 4.39 Å². The SMILES string of the molecule is Cc1cc(F)ccc1OCc1ccccc1CNC(C)C. The van der Waals surface area contributed by atoms with Gasteiger partial charge in [0.05, 0.1) is 0 Å². The molecule has 0 heterocycles. The second-order valence-corrected chi connectivity index (χ2v) is 5.50. The van der Waals surface area contributed by atoms with Crippen LogP contribution in [-0.2, 0) is 13.2 Å². The standard InChI is InChI=1S/C18H22FNO/c1-13(2)20-11-15-6-4-5-7-16(15)12-21-18-9-8-17(19)10-14(18)3/h4-10,13,20H,11-12H2,1-3H3. The average Bonchev–Trinajstić information content (AvgIpc) is 2.45. The molecule has 0 saturated carbocycles. The van der Waals surface area contributed by atoms with Crippen molar-refractivity contribution in [3.8, 4) is 5.75 Å². The lowest BCUT2D eigenvalue weighted by atomic mass is 10.1. The van der Waals surface area contributed by atoms with E-state index in [2.05, 4.69) is 31.3 Å². The number of nitrogens with one attached hydrogen (secondary N) is 1. The van der Waals surface area contributed by atoms with Gasteiger partial charge >= 0.3 is 0 Å². The first-order valence-electron chi connectivity index (χ1n) is 7.25. The van der Waals surface area contributed by atoms with Gasteiger partial charge in [-0.05, 0) is 41.8 Å². The lowest BCUT2D eigenvalue weighted by Gasteiger charge is -2.14. The summed E-state index contributed by atoms with van der Waals surface area (Å²) in [4.78, 5) is 0. The third-order valence-corrected chi connectivity index (χ3v) is 3.34. The van der Waals surface area contributed by atoms with E-state index in [0.29, 0.717) is 12.6 Å². The van der Waals surface area contributed by atoms with Gasteiger partial charge in [0.2, 0.25) is 0 Å². The van der Waals surface area contributed by atoms with Crippen LogP contribution in [0.2, 0.25) is 0 Å². The Balaban J connectivity index is 2.05. The first-order chi connectivity index (χ1) is 10.1. The molecule has 0 saturated heterocycles. The van der Waals surface area contributed by atoms with Crippen LogP contribution < -0.4 is 10.1 Å². The predicted molar refractivity (Wildman–Crippen MR) is 83.9 cm³/mol. The summed E-state index contributed by atoms with van der Waals surface area (Å²) in [5.74, 6) is 0.490. The largest absolute Gasteiger partial charge is 0.489 e. The monoisotopic (exact) mass is 287 g/mol. The second-order valence-electron chi connectivity index (χ2n) is 5.50. The molecular formula is C18H22FNO. The molecule has 2 aromatic carbocycles. The zero-order chi connectivity index (χ0) is 15.2. The maximum atomic E-state index is 13.1. The second kappa shape index (κ2) is 7.23. The highest BCUT2D eigenvalue weighted by Gasteiger charge is 2.05. The summed E-state index contributed by atoms with van der Waals surface area (Å²) < 4.78 is 18.9. The van der Waals surface area contributed by atoms with Crippen molar-refractivity contribution in [1.82, 2.24) is 5.32 Å². The van der Waals surface area contributed by atoms with E-state index in [1.165, 1.54) is 17.7 Å². The fourth-order valence-electron chi connectivity index (χ4n) is 2.12. The summed E-state index contributed by atoms with van der Waals surface area (Å²) in [5, 5.41) is 3.41. The molecule has 2 nitrogen and oxygen atoms in total. The zero-order valence-electron chi connectivity index (χ0n) is 12.8. The molecule has 0 atom stereocenters. The number of hydrogen-bond donors (Lipinski definition) is 1. The van der Waals surface area contributed by atoms with E-state index in [0.717, 1.165) is 23.4 Å². The van der Waals surface area contributed by atoms with Gasteiger partial charge in [0.15, 0.2) is 0 Å². The first kappa shape index (κ1) is 15.5. The van der Waals surface area contributed by atoms with Gasteiger partial charge in [0.25, 0.3) is 0 Å². The summed E-state index contributed by atoms with van der Waals surface area (Å²) >= 11 is 0. The summed E-state index contributed by atoms with van der Waals surface area (Å²) in [7, 11) is 0. The van der Waals surface area contributed by atoms with E-state index in [1.807, 2.05) is 19.1 Å². The molecule has 0 fully saturated rings. The van der Waals surface area contributed by atoms with Crippen molar-refractivity contribution >= 4 is 0 Å². The highest BCUT2D eigenvalue weighted by atomic mass is 19.1. The van der Waals surface area contributed by atoms with Gasteiger partial charge in [-0.3, -0.25) is 0 Å². The van der Waals surface area contributed by atoms with Crippen molar-refractivity contribution in [2.24, 2.45) is 0 Å². The molecule has 0 radical (unpaired) electrons. The lowest BCUT2D eigenvalue weighted by Crippen LogP contribution is -2.22. The fourth-order valence-corrected chi connectivity index (χ4v) is 2.12. The Kier molecular flexibility index (Phi) is 5.34. The van der Waals surface area contributed by atoms with Crippen molar-refractivity contribution < 1.29 is 9.13 Å². The molecule has 21 heavy (non-hydrogen) atoms. The Morgan fingerprint density at radius 3 is 2.48 bits per heavy atom. The molecule has 0 unspecified atom stereocenters. The predicted octanol–water partition coefficient (Wildman–Crippen LogP) is 4.21. The molecule has 0 aromatic heterocycles. The molecule has 2 rings (SSSR count). The van der Waals surface area contributed by atoms with Crippen LogP contribution in [0.3, 0.4) is 0 Å². The van der Waals surface area contributed by atoms with Crippen LogP contribution in [0.25, 0.3) is 0 Å². The van der Waals surface area contributed by atoms with Crippen LogP contribution >= 0.6 is 0 Å². The lowest BCUT2D eigenvalue weighted by molar-refractivity contribution is 0.302. The highest BCUT2D eigenvalue weighted by Crippen LogP contribution is 2.20. The molecule has 112 valence electrons. The van der Waals surface area contributed by atoms with Crippen molar-refractivity contribution in [3.63, 3.8) is 0 Å². The van der Waals surface area contributed by atoms with Crippen molar-refractivity contribution in [2.75, 3.05) is 0 Å². The number of benzene rings is 2. The third-order valence-electron chi connectivity index (χ3n) is 3.34. The van der Waals surface area contributed by atoms with Crippen LogP contribution in [0.5, 0.6) is 5.75 Å². The van der Waals surface area contributed by atoms with E-state index < -0.39 is 0 Å². The number of aryl methyl sites for hydroxylation is 1. The molecule has 0 aliphatic rings. The van der Waals surface area contributed by atoms with E-state index in [-0.39, 0.29) is 5.82 Å². The third kappa shape index (κ3) is 4.57. The maximum Gasteiger partial charge on any atom is 0.123 e. The summed E-state index contributed by atoms with van der Waals surface area (Å²) in [6, 6.07) is 13.2. The van der Waals surface area contributed by atoms with Gasteiger partial charge in [-0.1, -0.05) is 38.1 Å². The van der Waals surface area contributed by atoms with E-state index in [4.69, 9.17) is 4.74 Å². The van der Waals surface area contributed by atoms with Gasteiger partial charge < -0.3 is 10.1 Å². The van der Waals surface area contributed by atoms with Crippen LogP contribution in [0, 0.1) is 12.7 Å². The number of halogens is 1. The normalized spacial score (nSPS) is 10.9. The van der Waals surface area contributed by atoms with Crippen LogP contribution in [0.15, 0.2) is 42.5 Å². The Bertz CT molecular complexity index is 596. The maximum absolute atomic E-state index is 13.1. The van der Waals surface area contributed by atoms with E-state index >= 15 is 0 Å². The van der Waals surface area contributed by atoms with Crippen LogP contribution in [0.1, 0.15) is 30.5 Å². The van der Waals surface area contributed by atoms with Gasteiger partial charge in [-0.2, -0.15) is 0 Å². The molecular weight excluding hydrogens is 265 g/mol. The van der Waals surface area contributed by atoms with Crippen LogP contribution in [0.4, 0.5) is 4.39 Å². The highest BCUT2D eigenvalue weighted by molar-refractivity contribution is 5.33. The van der Waals surface area contributed by atoms with Crippen molar-refractivity contribution in [2.45, 2.75) is 40.0 Å². The topological polar surface area (TPSA) is 21.3 Å². The van der Waals surface area contributed by atoms with Gasteiger partial charge in [0, 0.05) is 12.6 Å². The quantitative estimate of drug-likeness (QED) is 0.859. The Hall–Kier alpha value is -1.87. The molecule has 0 aliphatic heterocycles. The molecule has 1 N–H and O–H groups in total. The number of ether oxygens (including phenoxy) is 1. The van der Waals surface area contributed by atoms with Crippen molar-refractivity contribution in [3.05, 3.63) is 65.0 Å². The molecule has 0 spiro atoms. The smallest absolute Gasteiger partial charge is 0.123 e. The Morgan fingerprint density at radius 1 is 1.10 bits per heavy atom. The zero-order valence-corrected chi connectivity index (χ0v) is 12.8. The van der Waals surface area contributed by atoms with Gasteiger partial charge in [0.1, 0.15) is 18.2 Å². The Labute approximate surface area is 126 Å². The summed E-state index contributed by atoms with van der Waals surface area (Å²) in [6.07, 6.45) is 0. The molecule has 0 bridgehead atoms. The summed E-state index contributed by atoms with van der Waals surface area (Å²) in [5.41, 5.74) is 3.19. The first-order valence-corrected chi connectivity index (χ1v) is 7.25. The molecule has 3 heteroatoms. The van der Waals surface area contributed by atoms with Crippen molar-refractivity contribution in [1.29, 1.82) is 0 Å². The van der Waals surface area contributed by atoms with Gasteiger partial charge in [-0.15, -0.1) is 0 Å². The fraction of sp³-hybridized carbons (Fsp3) is 0.333. The van der Waals surface area contributed by atoms with Gasteiger partial charge in [-0.25, -0.2) is 4.39 Å². The number of hydrogen-bond acceptors (Lipinski definition) is 2. The number of rotatable bonds is 6. The minimum Gasteiger partial charge on any atom is -0.489 e. The Morgan fingerprint density at radius 2 is 1.81 bits per heavy atom. The average molecular weight is 287 g/mol. The minimum absolute atomic E-state index is 0.235. The minimum atomic E-state index is -0.235. The van der Waals surface area contributed by atoms with Crippen LogP contribution in [-0.4, -0.2) is 6.04 Å². The summed E-state index contributed by atoms with van der Waals surface area (Å²) in [6.45, 7) is 7.41. The molecule has 2 aromatic rings. The molecule has 0 amide bonds.